The van der Waals surface area contributed by atoms with Crippen LogP contribution in [0.25, 0.3) is 10.9 Å². The molecule has 2 amide bonds. The number of thiazole rings is 1. The van der Waals surface area contributed by atoms with Gasteiger partial charge in [-0.1, -0.05) is 125 Å². The fourth-order valence-corrected chi connectivity index (χ4v) is 10.0. The van der Waals surface area contributed by atoms with Crippen LogP contribution < -0.4 is 39.2 Å². The molecule has 0 spiro atoms. The van der Waals surface area contributed by atoms with Crippen LogP contribution in [0.3, 0.4) is 0 Å². The number of amides is 2. The molecule has 3 aromatic heterocycles. The molecule has 8 rings (SSSR count). The van der Waals surface area contributed by atoms with Crippen molar-refractivity contribution in [2.75, 3.05) is 12.4 Å². The fraction of sp³-hybridized carbons (Fsp3) is 0.175. The van der Waals surface area contributed by atoms with E-state index < -0.39 is 45.9 Å². The highest BCUT2D eigenvalue weighted by Crippen LogP contribution is 2.46. The topological polar surface area (TPSA) is 154 Å². The van der Waals surface area contributed by atoms with Crippen molar-refractivity contribution in [1.29, 1.82) is 0 Å². The number of benzene rings is 3. The number of anilines is 1. The molecule has 3 atom stereocenters. The maximum Gasteiger partial charge on any atom is 0.353 e. The van der Waals surface area contributed by atoms with Gasteiger partial charge in [-0.25, -0.2) is 13.8 Å². The third kappa shape index (κ3) is 7.29. The lowest BCUT2D eigenvalue weighted by Gasteiger charge is -2.49. The molecule has 1 unspecified atom stereocenters. The molecule has 0 saturated carbocycles. The molecule has 2 aliphatic heterocycles. The number of aryl methyl sites for hydroxylation is 2. The predicted octanol–water partition coefficient (Wildman–Crippen LogP) is 2.49. The number of nitrogens with one attached hydrogen (secondary N) is 2. The number of rotatable bonds is 12. The Bertz CT molecular complexity index is 2500. The highest BCUT2D eigenvalue weighted by Gasteiger charge is 2.56. The van der Waals surface area contributed by atoms with Crippen molar-refractivity contribution in [3.8, 4) is 0 Å². The molecule has 3 aromatic carbocycles. The minimum absolute atomic E-state index is 0. The summed E-state index contributed by atoms with van der Waals surface area (Å²) < 4.78 is 24.2. The predicted molar refractivity (Wildman–Crippen MR) is 216 cm³/mol. The van der Waals surface area contributed by atoms with Crippen LogP contribution in [-0.4, -0.2) is 71.3 Å². The number of halogens is 2. The minimum Gasteiger partial charge on any atom is -1.00 e. The van der Waals surface area contributed by atoms with E-state index in [1.807, 2.05) is 126 Å². The third-order valence-electron chi connectivity index (χ3n) is 9.70. The average Bonchev–Trinajstić information content (AvgIpc) is 3.92. The van der Waals surface area contributed by atoms with Gasteiger partial charge in [-0.3, -0.25) is 14.5 Å². The SMILES string of the molecule is CON=C(C(=O)N[C@@H]1C(=O)N2C(C(=O)O)=C(C=Cc3sc4c[n+](C)cn4c3C)C(F)S[C@H]12)c1nsc(NC(c2ccccc2)(c2ccccc2)c2ccccc2)n1.[I-]. The number of β-lactam (4-membered cyclic amide) rings is 1. The number of allylic oxidation sites excluding steroid dienone is 1. The number of imidazole rings is 1. The number of fused-ring (bicyclic) bond motifs is 2. The second kappa shape index (κ2) is 16.8. The summed E-state index contributed by atoms with van der Waals surface area (Å²) in [6.45, 7) is 1.91. The second-order valence-corrected chi connectivity index (χ2v) is 16.1. The first kappa shape index (κ1) is 40.7. The van der Waals surface area contributed by atoms with E-state index in [2.05, 4.69) is 25.1 Å². The van der Waals surface area contributed by atoms with Crippen molar-refractivity contribution in [2.45, 2.75) is 29.4 Å². The fourth-order valence-electron chi connectivity index (χ4n) is 7.06. The molecular formula is C40H34FIN8O5S3. The third-order valence-corrected chi connectivity index (χ3v) is 12.7. The molecule has 13 nitrogen and oxygen atoms in total. The molecule has 0 bridgehead atoms. The van der Waals surface area contributed by atoms with Crippen LogP contribution in [0.5, 0.6) is 0 Å². The first-order chi connectivity index (χ1) is 27.6. The number of thioether (sulfide) groups is 1. The van der Waals surface area contributed by atoms with Crippen molar-refractivity contribution in [3.05, 3.63) is 154 Å². The van der Waals surface area contributed by atoms with Gasteiger partial charge in [0, 0.05) is 17.1 Å². The summed E-state index contributed by atoms with van der Waals surface area (Å²) in [5, 5.41) is 19.6. The van der Waals surface area contributed by atoms with E-state index in [1.165, 1.54) is 24.5 Å². The Morgan fingerprint density at radius 2 is 1.60 bits per heavy atom. The lowest BCUT2D eigenvalue weighted by atomic mass is 9.77. The number of hydrogen-bond donors (Lipinski definition) is 3. The van der Waals surface area contributed by atoms with E-state index in [-0.39, 0.29) is 41.1 Å². The zero-order valence-corrected chi connectivity index (χ0v) is 35.6. The maximum absolute atomic E-state index is 15.9. The van der Waals surface area contributed by atoms with E-state index >= 15 is 4.39 Å². The van der Waals surface area contributed by atoms with Gasteiger partial charge in [-0.05, 0) is 29.7 Å². The van der Waals surface area contributed by atoms with Gasteiger partial charge in [-0.2, -0.15) is 13.8 Å². The highest BCUT2D eigenvalue weighted by atomic mass is 127. The van der Waals surface area contributed by atoms with Gasteiger partial charge < -0.3 is 44.6 Å². The molecule has 1 saturated heterocycles. The van der Waals surface area contributed by atoms with E-state index in [9.17, 15) is 19.5 Å². The lowest BCUT2D eigenvalue weighted by molar-refractivity contribution is -0.670. The van der Waals surface area contributed by atoms with Crippen LogP contribution in [0.1, 0.15) is 33.1 Å². The number of alkyl halides is 1. The number of aromatic nitrogens is 4. The lowest BCUT2D eigenvalue weighted by Crippen LogP contribution is -3.00. The molecule has 5 heterocycles. The molecule has 296 valence electrons. The molecule has 0 aliphatic carbocycles. The van der Waals surface area contributed by atoms with Crippen molar-refractivity contribution >= 4 is 74.2 Å². The largest absolute Gasteiger partial charge is 1.00 e. The number of aliphatic carboxylic acids is 1. The molecule has 6 aromatic rings. The molecular weight excluding hydrogens is 915 g/mol. The Labute approximate surface area is 361 Å². The van der Waals surface area contributed by atoms with Gasteiger partial charge in [0.2, 0.25) is 27.8 Å². The second-order valence-electron chi connectivity index (χ2n) is 13.1. The molecule has 2 aliphatic rings. The quantitative estimate of drug-likeness (QED) is 0.0420. The number of carboxylic acid groups (broad SMARTS) is 1. The van der Waals surface area contributed by atoms with Crippen LogP contribution in [0, 0.1) is 6.92 Å². The molecule has 1 fully saturated rings. The number of oxime groups is 1. The monoisotopic (exact) mass is 948 g/mol. The van der Waals surface area contributed by atoms with Gasteiger partial charge in [0.05, 0.1) is 11.9 Å². The van der Waals surface area contributed by atoms with Gasteiger partial charge in [0.15, 0.2) is 5.50 Å². The average molecular weight is 949 g/mol. The number of nitrogens with zero attached hydrogens (tertiary/aromatic N) is 6. The summed E-state index contributed by atoms with van der Waals surface area (Å²) >= 11 is 3.20. The van der Waals surface area contributed by atoms with Gasteiger partial charge in [0.1, 0.15) is 41.7 Å². The number of carboxylic acids is 1. The zero-order valence-electron chi connectivity index (χ0n) is 30.9. The van der Waals surface area contributed by atoms with Crippen molar-refractivity contribution in [2.24, 2.45) is 12.2 Å². The first-order valence-electron chi connectivity index (χ1n) is 17.6. The molecule has 0 radical (unpaired) electrons. The van der Waals surface area contributed by atoms with E-state index in [0.29, 0.717) is 5.13 Å². The van der Waals surface area contributed by atoms with Gasteiger partial charge in [0.25, 0.3) is 11.8 Å². The molecule has 18 heteroatoms. The van der Waals surface area contributed by atoms with Crippen LogP contribution in [0.15, 0.2) is 126 Å². The molecule has 3 N–H and O–H groups in total. The van der Waals surface area contributed by atoms with Crippen LogP contribution in [0.4, 0.5) is 9.52 Å². The van der Waals surface area contributed by atoms with Crippen LogP contribution in [0.2, 0.25) is 0 Å². The number of hydrogen-bond acceptors (Lipinski definition) is 11. The number of carbonyl (C=O) groups excluding carboxylic acids is 2. The zero-order chi connectivity index (χ0) is 39.8. The van der Waals surface area contributed by atoms with Crippen molar-refractivity contribution in [1.82, 2.24) is 24.0 Å². The summed E-state index contributed by atoms with van der Waals surface area (Å²) in [7, 11) is 3.16. The summed E-state index contributed by atoms with van der Waals surface area (Å²) in [5.74, 6) is -3.12. The van der Waals surface area contributed by atoms with E-state index in [1.54, 1.807) is 6.08 Å². The van der Waals surface area contributed by atoms with Crippen LogP contribution in [-0.2, 0) is 31.8 Å². The highest BCUT2D eigenvalue weighted by molar-refractivity contribution is 8.00. The summed E-state index contributed by atoms with van der Waals surface area (Å²) in [6, 6.07) is 28.4. The Balaban J connectivity index is 0.00000512. The van der Waals surface area contributed by atoms with Gasteiger partial charge in [-0.15, -0.1) is 0 Å². The van der Waals surface area contributed by atoms with Crippen LogP contribution >= 0.6 is 34.6 Å². The molecule has 58 heavy (non-hydrogen) atoms. The van der Waals surface area contributed by atoms with E-state index in [4.69, 9.17) is 4.84 Å². The van der Waals surface area contributed by atoms with E-state index in [0.717, 1.165) is 60.3 Å². The Morgan fingerprint density at radius 1 is 1.00 bits per heavy atom. The normalized spacial score (nSPS) is 18.1. The summed E-state index contributed by atoms with van der Waals surface area (Å²) in [6.07, 6.45) is 6.91. The minimum atomic E-state index is -1.80. The van der Waals surface area contributed by atoms with Crippen molar-refractivity contribution < 1.29 is 57.3 Å². The van der Waals surface area contributed by atoms with Gasteiger partial charge >= 0.3 is 5.97 Å². The standard InChI is InChI=1S/C40H33FN8O5S3.HI/c1-23-28(55-29-21-47(2)22-48(23)29)20-19-27-32(38(52)53)49-36(51)31(37(49)56-33(27)41)42-35(50)30(45-54-3)34-43-39(57-46-34)44-40(24-13-7-4-8-14-24,25-15-9-5-10-16-25)26-17-11-6-12-18-26;/h4-22,31,33,37H,1-3H3,(H2-,42,43,44,46,50,52,53);1H/t31-,33?,37-;/m1./s1. The number of carbonyl (C=O) groups is 3. The summed E-state index contributed by atoms with van der Waals surface area (Å²) in [5.41, 5.74) is -0.0159. The Hall–Kier alpha value is -5.44. The summed E-state index contributed by atoms with van der Waals surface area (Å²) in [4.78, 5) is 52.4. The Morgan fingerprint density at radius 3 is 2.16 bits per heavy atom. The van der Waals surface area contributed by atoms with Crippen molar-refractivity contribution in [3.63, 3.8) is 0 Å². The maximum atomic E-state index is 15.9. The smallest absolute Gasteiger partial charge is 0.353 e. The first-order valence-corrected chi connectivity index (χ1v) is 20.1. The Kier molecular flexibility index (Phi) is 11.8.